The van der Waals surface area contributed by atoms with Gasteiger partial charge >= 0.3 is 0 Å². The maximum Gasteiger partial charge on any atom is 0.268 e. The summed E-state index contributed by atoms with van der Waals surface area (Å²) in [4.78, 5) is 27.2. The number of hydrogen-bond acceptors (Lipinski definition) is 5. The van der Waals surface area contributed by atoms with Crippen LogP contribution in [0, 0.1) is 13.8 Å². The zero-order valence-electron chi connectivity index (χ0n) is 16.7. The Morgan fingerprint density at radius 3 is 2.70 bits per heavy atom. The van der Waals surface area contributed by atoms with Crippen molar-refractivity contribution in [2.75, 3.05) is 10.2 Å². The smallest absolute Gasteiger partial charge is 0.268 e. The second-order valence-corrected chi connectivity index (χ2v) is 7.96. The Morgan fingerprint density at radius 1 is 1.23 bits per heavy atom. The molecule has 1 atom stereocenters. The largest absolute Gasteiger partial charge is 0.479 e. The normalized spacial score (nSPS) is 15.5. The monoisotopic (exact) mass is 469 g/mol. The van der Waals surface area contributed by atoms with Gasteiger partial charge in [-0.3, -0.25) is 9.59 Å². The Labute approximate surface area is 182 Å². The van der Waals surface area contributed by atoms with Crippen LogP contribution in [0.15, 0.2) is 51.5 Å². The fourth-order valence-corrected chi connectivity index (χ4v) is 3.84. The van der Waals surface area contributed by atoms with Gasteiger partial charge in [0.25, 0.3) is 11.8 Å². The minimum Gasteiger partial charge on any atom is -0.479 e. The Hall–Kier alpha value is -3.13. The summed E-state index contributed by atoms with van der Waals surface area (Å²) in [6, 6.07) is 12.4. The van der Waals surface area contributed by atoms with Gasteiger partial charge in [0.1, 0.15) is 11.5 Å². The molecule has 8 heteroatoms. The van der Waals surface area contributed by atoms with E-state index >= 15 is 0 Å². The highest BCUT2D eigenvalue weighted by atomic mass is 79.9. The van der Waals surface area contributed by atoms with Crippen LogP contribution in [0.3, 0.4) is 0 Å². The van der Waals surface area contributed by atoms with E-state index in [9.17, 15) is 9.59 Å². The van der Waals surface area contributed by atoms with E-state index < -0.39 is 6.10 Å². The lowest BCUT2D eigenvalue weighted by atomic mass is 10.1. The molecule has 1 aromatic heterocycles. The van der Waals surface area contributed by atoms with Gasteiger partial charge in [0.15, 0.2) is 6.10 Å². The topological polar surface area (TPSA) is 84.7 Å². The van der Waals surface area contributed by atoms with Gasteiger partial charge in [-0.1, -0.05) is 17.3 Å². The van der Waals surface area contributed by atoms with Crippen molar-refractivity contribution in [3.8, 4) is 5.75 Å². The summed E-state index contributed by atoms with van der Waals surface area (Å²) in [5.41, 5.74) is 3.25. The predicted octanol–water partition coefficient (Wildman–Crippen LogP) is 4.62. The molecule has 1 aliphatic rings. The zero-order chi connectivity index (χ0) is 21.4. The first kappa shape index (κ1) is 20.2. The first-order valence-electron chi connectivity index (χ1n) is 9.45. The highest BCUT2D eigenvalue weighted by molar-refractivity contribution is 9.10. The molecule has 1 aliphatic heterocycles. The highest BCUT2D eigenvalue weighted by Crippen LogP contribution is 2.38. The van der Waals surface area contributed by atoms with Crippen LogP contribution in [0.1, 0.15) is 34.3 Å². The fraction of sp³-hybridized carbons (Fsp3) is 0.227. The van der Waals surface area contributed by atoms with Crippen LogP contribution in [0.5, 0.6) is 5.75 Å². The minimum atomic E-state index is -0.612. The number of rotatable bonds is 4. The first-order chi connectivity index (χ1) is 14.3. The SMILES string of the molecule is Cc1noc(C)c1CN1C(=O)C(C)Oc2ccc(NC(=O)c3ccccc3Br)cc21. The summed E-state index contributed by atoms with van der Waals surface area (Å²) in [7, 11) is 0. The molecule has 1 N–H and O–H groups in total. The van der Waals surface area contributed by atoms with Gasteiger partial charge in [0.2, 0.25) is 0 Å². The molecule has 0 radical (unpaired) electrons. The van der Waals surface area contributed by atoms with Gasteiger partial charge in [-0.05, 0) is 67.0 Å². The number of amides is 2. The van der Waals surface area contributed by atoms with Gasteiger partial charge in [0.05, 0.1) is 23.5 Å². The summed E-state index contributed by atoms with van der Waals surface area (Å²) >= 11 is 3.39. The van der Waals surface area contributed by atoms with Gasteiger partial charge in [-0.2, -0.15) is 0 Å². The van der Waals surface area contributed by atoms with Crippen LogP contribution >= 0.6 is 15.9 Å². The molecule has 0 aliphatic carbocycles. The van der Waals surface area contributed by atoms with Gasteiger partial charge in [-0.25, -0.2) is 0 Å². The number of carbonyl (C=O) groups is 2. The van der Waals surface area contributed by atoms with Gasteiger partial charge in [-0.15, -0.1) is 0 Å². The quantitative estimate of drug-likeness (QED) is 0.602. The molecule has 30 heavy (non-hydrogen) atoms. The van der Waals surface area contributed by atoms with E-state index in [2.05, 4.69) is 26.4 Å². The minimum absolute atomic E-state index is 0.170. The maximum absolute atomic E-state index is 12.9. The number of benzene rings is 2. The van der Waals surface area contributed by atoms with Gasteiger partial charge in [0, 0.05) is 15.7 Å². The van der Waals surface area contributed by atoms with Crippen LogP contribution in [0.4, 0.5) is 11.4 Å². The van der Waals surface area contributed by atoms with E-state index in [1.54, 1.807) is 48.2 Å². The molecule has 154 valence electrons. The molecule has 0 saturated carbocycles. The molecule has 0 bridgehead atoms. The summed E-state index contributed by atoms with van der Waals surface area (Å²) in [5, 5.41) is 6.86. The Morgan fingerprint density at radius 2 is 2.00 bits per heavy atom. The number of ether oxygens (including phenoxy) is 1. The van der Waals surface area contributed by atoms with Crippen molar-refractivity contribution >= 4 is 39.1 Å². The third-order valence-corrected chi connectivity index (χ3v) is 5.73. The molecule has 0 saturated heterocycles. The molecule has 0 spiro atoms. The second kappa shape index (κ2) is 7.95. The highest BCUT2D eigenvalue weighted by Gasteiger charge is 2.33. The first-order valence-corrected chi connectivity index (χ1v) is 10.2. The lowest BCUT2D eigenvalue weighted by Crippen LogP contribution is -2.44. The van der Waals surface area contributed by atoms with E-state index in [4.69, 9.17) is 9.26 Å². The molecule has 1 unspecified atom stereocenters. The van der Waals surface area contributed by atoms with Crippen molar-refractivity contribution < 1.29 is 18.8 Å². The number of nitrogens with zero attached hydrogens (tertiary/aromatic N) is 2. The fourth-order valence-electron chi connectivity index (χ4n) is 3.38. The lowest BCUT2D eigenvalue weighted by molar-refractivity contribution is -0.125. The molecule has 7 nitrogen and oxygen atoms in total. The third kappa shape index (κ3) is 3.70. The third-order valence-electron chi connectivity index (χ3n) is 5.04. The summed E-state index contributed by atoms with van der Waals surface area (Å²) in [5.74, 6) is 0.819. The molecule has 2 aromatic carbocycles. The number of hydrogen-bond donors (Lipinski definition) is 1. The molecule has 3 aromatic rings. The van der Waals surface area contributed by atoms with Crippen molar-refractivity contribution in [1.82, 2.24) is 5.16 Å². The number of aromatic nitrogens is 1. The van der Waals surface area contributed by atoms with Crippen molar-refractivity contribution in [2.24, 2.45) is 0 Å². The Balaban J connectivity index is 1.67. The molecule has 2 heterocycles. The molecule has 4 rings (SSSR count). The molecule has 2 amide bonds. The summed E-state index contributed by atoms with van der Waals surface area (Å²) in [6.07, 6.45) is -0.612. The molecular formula is C22H20BrN3O4. The van der Waals surface area contributed by atoms with Crippen LogP contribution in [0.2, 0.25) is 0 Å². The number of nitrogens with one attached hydrogen (secondary N) is 1. The van der Waals surface area contributed by atoms with Crippen LogP contribution in [0.25, 0.3) is 0 Å². The average Bonchev–Trinajstić information content (AvgIpc) is 3.04. The van der Waals surface area contributed by atoms with E-state index in [1.165, 1.54) is 0 Å². The van der Waals surface area contributed by atoms with E-state index in [0.29, 0.717) is 39.5 Å². The number of anilines is 2. The number of carbonyl (C=O) groups excluding carboxylic acids is 2. The number of aryl methyl sites for hydroxylation is 2. The van der Waals surface area contributed by atoms with E-state index in [0.717, 1.165) is 11.3 Å². The molecular weight excluding hydrogens is 450 g/mol. The van der Waals surface area contributed by atoms with Crippen LogP contribution in [-0.2, 0) is 11.3 Å². The van der Waals surface area contributed by atoms with E-state index in [1.807, 2.05) is 19.9 Å². The maximum atomic E-state index is 12.9. The Kier molecular flexibility index (Phi) is 5.34. The second-order valence-electron chi connectivity index (χ2n) is 7.10. The van der Waals surface area contributed by atoms with Crippen LogP contribution < -0.4 is 15.0 Å². The summed E-state index contributed by atoms with van der Waals surface area (Å²) < 4.78 is 11.7. The van der Waals surface area contributed by atoms with Crippen molar-refractivity contribution in [2.45, 2.75) is 33.4 Å². The number of halogens is 1. The number of fused-ring (bicyclic) bond motifs is 1. The van der Waals surface area contributed by atoms with Crippen molar-refractivity contribution in [1.29, 1.82) is 0 Å². The van der Waals surface area contributed by atoms with Gasteiger partial charge < -0.3 is 19.5 Å². The van der Waals surface area contributed by atoms with Crippen molar-refractivity contribution in [3.63, 3.8) is 0 Å². The zero-order valence-corrected chi connectivity index (χ0v) is 18.3. The summed E-state index contributed by atoms with van der Waals surface area (Å²) in [6.45, 7) is 5.69. The van der Waals surface area contributed by atoms with Crippen LogP contribution in [-0.4, -0.2) is 23.1 Å². The standard InChI is InChI=1S/C22H20BrN3O4/c1-12-17(13(2)30-25-12)11-26-19-10-15(8-9-20(19)29-14(3)22(26)28)24-21(27)16-6-4-5-7-18(16)23/h4-10,14H,11H2,1-3H3,(H,24,27). The predicted molar refractivity (Wildman–Crippen MR) is 116 cm³/mol. The Bertz CT molecular complexity index is 1120. The average molecular weight is 470 g/mol. The molecule has 0 fully saturated rings. The van der Waals surface area contributed by atoms with E-state index in [-0.39, 0.29) is 11.8 Å². The lowest BCUT2D eigenvalue weighted by Gasteiger charge is -2.33. The van der Waals surface area contributed by atoms with Crippen molar-refractivity contribution in [3.05, 3.63) is 69.5 Å².